The van der Waals surface area contributed by atoms with Crippen molar-refractivity contribution >= 4 is 5.69 Å². The van der Waals surface area contributed by atoms with E-state index >= 15 is 0 Å². The number of hydrogen-bond donors (Lipinski definition) is 1. The van der Waals surface area contributed by atoms with Gasteiger partial charge in [-0.25, -0.2) is 0 Å². The fourth-order valence-electron chi connectivity index (χ4n) is 1.19. The van der Waals surface area contributed by atoms with Crippen LogP contribution in [0.1, 0.15) is 20.3 Å². The van der Waals surface area contributed by atoms with Gasteiger partial charge < -0.3 is 10.1 Å². The quantitative estimate of drug-likeness (QED) is 0.718. The van der Waals surface area contributed by atoms with Crippen molar-refractivity contribution in [3.05, 3.63) is 36.9 Å². The summed E-state index contributed by atoms with van der Waals surface area (Å²) in [7, 11) is 0. The fraction of sp³-hybridized carbons (Fsp3) is 0.385. The van der Waals surface area contributed by atoms with Gasteiger partial charge in [-0.15, -0.1) is 6.58 Å². The third kappa shape index (κ3) is 4.07. The van der Waals surface area contributed by atoms with Crippen LogP contribution in [-0.4, -0.2) is 12.6 Å². The molecule has 0 aromatic heterocycles. The molecule has 1 aromatic rings. The Hall–Kier alpha value is -1.44. The lowest BCUT2D eigenvalue weighted by molar-refractivity contribution is 0.317. The molecule has 15 heavy (non-hydrogen) atoms. The number of benzene rings is 1. The maximum absolute atomic E-state index is 5.49. The van der Waals surface area contributed by atoms with Crippen LogP contribution in [0.2, 0.25) is 0 Å². The van der Waals surface area contributed by atoms with Gasteiger partial charge in [0.15, 0.2) is 0 Å². The lowest BCUT2D eigenvalue weighted by Crippen LogP contribution is -2.10. The highest BCUT2D eigenvalue weighted by Gasteiger charge is 1.97. The standard InChI is InChI=1S/C13H19NO/c1-4-10-15-13-8-6-12(7-9-13)14-11(3)5-2/h5-9,11,14H,2,4,10H2,1,3H3. The third-order valence-corrected chi connectivity index (χ3v) is 2.08. The highest BCUT2D eigenvalue weighted by Crippen LogP contribution is 2.16. The van der Waals surface area contributed by atoms with Gasteiger partial charge in [-0.1, -0.05) is 13.0 Å². The van der Waals surface area contributed by atoms with Crippen molar-refractivity contribution in [2.75, 3.05) is 11.9 Å². The molecular formula is C13H19NO. The Kier molecular flexibility index (Phi) is 4.75. The number of nitrogens with one attached hydrogen (secondary N) is 1. The van der Waals surface area contributed by atoms with Crippen molar-refractivity contribution in [3.63, 3.8) is 0 Å². The molecule has 2 heteroatoms. The largest absolute Gasteiger partial charge is 0.494 e. The van der Waals surface area contributed by atoms with Crippen LogP contribution in [0.25, 0.3) is 0 Å². The molecule has 1 N–H and O–H groups in total. The van der Waals surface area contributed by atoms with Crippen LogP contribution >= 0.6 is 0 Å². The summed E-state index contributed by atoms with van der Waals surface area (Å²) in [6, 6.07) is 8.28. The zero-order valence-corrected chi connectivity index (χ0v) is 9.49. The summed E-state index contributed by atoms with van der Waals surface area (Å²) in [5, 5.41) is 3.30. The van der Waals surface area contributed by atoms with Gasteiger partial charge in [-0.2, -0.15) is 0 Å². The second-order valence-corrected chi connectivity index (χ2v) is 3.54. The number of anilines is 1. The molecule has 0 spiro atoms. The first-order chi connectivity index (χ1) is 7.26. The van der Waals surface area contributed by atoms with Crippen molar-refractivity contribution in [2.45, 2.75) is 26.3 Å². The fourth-order valence-corrected chi connectivity index (χ4v) is 1.19. The van der Waals surface area contributed by atoms with Crippen molar-refractivity contribution < 1.29 is 4.74 Å². The molecule has 1 unspecified atom stereocenters. The van der Waals surface area contributed by atoms with E-state index in [2.05, 4.69) is 25.7 Å². The highest BCUT2D eigenvalue weighted by molar-refractivity contribution is 5.47. The molecule has 0 saturated heterocycles. The minimum atomic E-state index is 0.285. The molecule has 2 nitrogen and oxygen atoms in total. The summed E-state index contributed by atoms with van der Waals surface area (Å²) in [5.74, 6) is 0.925. The van der Waals surface area contributed by atoms with Gasteiger partial charge in [0.2, 0.25) is 0 Å². The zero-order valence-electron chi connectivity index (χ0n) is 9.49. The summed E-state index contributed by atoms with van der Waals surface area (Å²) in [4.78, 5) is 0. The van der Waals surface area contributed by atoms with E-state index in [4.69, 9.17) is 4.74 Å². The van der Waals surface area contributed by atoms with E-state index in [1.807, 2.05) is 30.3 Å². The Morgan fingerprint density at radius 2 is 2.07 bits per heavy atom. The molecule has 0 amide bonds. The van der Waals surface area contributed by atoms with Crippen molar-refractivity contribution in [2.24, 2.45) is 0 Å². The minimum Gasteiger partial charge on any atom is -0.494 e. The SMILES string of the molecule is C=CC(C)Nc1ccc(OCCC)cc1. The smallest absolute Gasteiger partial charge is 0.119 e. The van der Waals surface area contributed by atoms with E-state index in [1.54, 1.807) is 0 Å². The van der Waals surface area contributed by atoms with Gasteiger partial charge in [0, 0.05) is 11.7 Å². The first-order valence-electron chi connectivity index (χ1n) is 5.38. The number of ether oxygens (including phenoxy) is 1. The summed E-state index contributed by atoms with van der Waals surface area (Å²) in [5.41, 5.74) is 1.09. The molecule has 0 bridgehead atoms. The monoisotopic (exact) mass is 205 g/mol. The number of hydrogen-bond acceptors (Lipinski definition) is 2. The van der Waals surface area contributed by atoms with Crippen molar-refractivity contribution in [1.29, 1.82) is 0 Å². The molecule has 0 heterocycles. The predicted octanol–water partition coefficient (Wildman–Crippen LogP) is 3.46. The van der Waals surface area contributed by atoms with Gasteiger partial charge in [-0.3, -0.25) is 0 Å². The van der Waals surface area contributed by atoms with E-state index in [0.29, 0.717) is 0 Å². The van der Waals surface area contributed by atoms with E-state index in [9.17, 15) is 0 Å². The molecule has 0 aliphatic carbocycles. The second-order valence-electron chi connectivity index (χ2n) is 3.54. The molecule has 0 aliphatic rings. The van der Waals surface area contributed by atoms with Gasteiger partial charge in [0.05, 0.1) is 6.61 Å². The molecule has 0 aliphatic heterocycles. The Morgan fingerprint density at radius 3 is 2.60 bits per heavy atom. The first-order valence-corrected chi connectivity index (χ1v) is 5.38. The average molecular weight is 205 g/mol. The Labute approximate surface area is 92.0 Å². The minimum absolute atomic E-state index is 0.285. The van der Waals surface area contributed by atoms with Gasteiger partial charge >= 0.3 is 0 Å². The van der Waals surface area contributed by atoms with E-state index in [-0.39, 0.29) is 6.04 Å². The molecule has 1 rings (SSSR count). The Bertz CT molecular complexity index is 292. The lowest BCUT2D eigenvalue weighted by Gasteiger charge is -2.11. The van der Waals surface area contributed by atoms with Gasteiger partial charge in [-0.05, 0) is 37.6 Å². The van der Waals surface area contributed by atoms with Crippen molar-refractivity contribution in [1.82, 2.24) is 0 Å². The Balaban J connectivity index is 2.52. The van der Waals surface area contributed by atoms with Gasteiger partial charge in [0.1, 0.15) is 5.75 Å². The maximum atomic E-state index is 5.49. The van der Waals surface area contributed by atoms with Crippen molar-refractivity contribution in [3.8, 4) is 5.75 Å². The second kappa shape index (κ2) is 6.12. The molecule has 82 valence electrons. The normalized spacial score (nSPS) is 11.9. The van der Waals surface area contributed by atoms with E-state index in [1.165, 1.54) is 0 Å². The van der Waals surface area contributed by atoms with Gasteiger partial charge in [0.25, 0.3) is 0 Å². The summed E-state index contributed by atoms with van der Waals surface area (Å²) < 4.78 is 5.49. The molecule has 0 radical (unpaired) electrons. The van der Waals surface area contributed by atoms with Crippen LogP contribution in [0.4, 0.5) is 5.69 Å². The van der Waals surface area contributed by atoms with E-state index < -0.39 is 0 Å². The molecular weight excluding hydrogens is 186 g/mol. The summed E-state index contributed by atoms with van der Waals surface area (Å²) in [6.45, 7) is 8.66. The topological polar surface area (TPSA) is 21.3 Å². The van der Waals surface area contributed by atoms with Crippen LogP contribution < -0.4 is 10.1 Å². The van der Waals surface area contributed by atoms with E-state index in [0.717, 1.165) is 24.5 Å². The molecule has 0 fully saturated rings. The van der Waals surface area contributed by atoms with Crippen LogP contribution in [-0.2, 0) is 0 Å². The average Bonchev–Trinajstić information content (AvgIpc) is 2.28. The lowest BCUT2D eigenvalue weighted by atomic mass is 10.2. The molecule has 1 atom stereocenters. The van der Waals surface area contributed by atoms with Crippen LogP contribution in [0.5, 0.6) is 5.75 Å². The number of rotatable bonds is 6. The highest BCUT2D eigenvalue weighted by atomic mass is 16.5. The molecule has 0 saturated carbocycles. The zero-order chi connectivity index (χ0) is 11.1. The van der Waals surface area contributed by atoms with Crippen LogP contribution in [0, 0.1) is 0 Å². The summed E-state index contributed by atoms with van der Waals surface area (Å²) >= 11 is 0. The maximum Gasteiger partial charge on any atom is 0.119 e. The molecule has 1 aromatic carbocycles. The predicted molar refractivity (Wildman–Crippen MR) is 65.5 cm³/mol. The first kappa shape index (κ1) is 11.6. The van der Waals surface area contributed by atoms with Crippen LogP contribution in [0.3, 0.4) is 0 Å². The third-order valence-electron chi connectivity index (χ3n) is 2.08. The van der Waals surface area contributed by atoms with Crippen LogP contribution in [0.15, 0.2) is 36.9 Å². The Morgan fingerprint density at radius 1 is 1.40 bits per heavy atom. The summed E-state index contributed by atoms with van der Waals surface area (Å²) in [6.07, 6.45) is 2.91.